The second-order valence-electron chi connectivity index (χ2n) is 4.90. The quantitative estimate of drug-likeness (QED) is 0.541. The summed E-state index contributed by atoms with van der Waals surface area (Å²) in [5.41, 5.74) is 6.09. The van der Waals surface area contributed by atoms with Crippen LogP contribution in [0.4, 0.5) is 0 Å². The zero-order valence-corrected chi connectivity index (χ0v) is 10.2. The van der Waals surface area contributed by atoms with Crippen LogP contribution in [0.1, 0.15) is 39.0 Å². The molecule has 2 N–H and O–H groups in total. The van der Waals surface area contributed by atoms with Gasteiger partial charge in [0.2, 0.25) is 0 Å². The molecule has 1 aliphatic carbocycles. The molecule has 2 aliphatic rings. The van der Waals surface area contributed by atoms with Crippen molar-refractivity contribution in [3.63, 3.8) is 0 Å². The van der Waals surface area contributed by atoms with Gasteiger partial charge < -0.3 is 15.4 Å². The first-order valence-electron chi connectivity index (χ1n) is 6.45. The van der Waals surface area contributed by atoms with Crippen LogP contribution in [-0.2, 0) is 4.74 Å². The first-order chi connectivity index (χ1) is 7.77. The van der Waals surface area contributed by atoms with E-state index in [9.17, 15) is 0 Å². The van der Waals surface area contributed by atoms with Crippen molar-refractivity contribution in [2.24, 2.45) is 10.7 Å². The normalized spacial score (nSPS) is 29.4. The molecule has 1 unspecified atom stereocenters. The van der Waals surface area contributed by atoms with E-state index in [4.69, 9.17) is 10.5 Å². The van der Waals surface area contributed by atoms with E-state index >= 15 is 0 Å². The van der Waals surface area contributed by atoms with Gasteiger partial charge in [-0.25, -0.2) is 4.99 Å². The van der Waals surface area contributed by atoms with Crippen molar-refractivity contribution in [3.05, 3.63) is 0 Å². The Kier molecular flexibility index (Phi) is 4.04. The Bertz CT molecular complexity index is 249. The van der Waals surface area contributed by atoms with Crippen LogP contribution in [0.2, 0.25) is 0 Å². The van der Waals surface area contributed by atoms with Gasteiger partial charge in [-0.3, -0.25) is 0 Å². The summed E-state index contributed by atoms with van der Waals surface area (Å²) in [6.07, 6.45) is 6.39. The molecule has 0 radical (unpaired) electrons. The molecule has 0 spiro atoms. The molecule has 0 bridgehead atoms. The zero-order chi connectivity index (χ0) is 11.4. The molecule has 1 atom stereocenters. The van der Waals surface area contributed by atoms with Gasteiger partial charge in [-0.1, -0.05) is 19.3 Å². The molecular formula is C12H23N3O. The molecule has 4 heteroatoms. The number of nitrogens with two attached hydrogens (primary N) is 1. The van der Waals surface area contributed by atoms with Crippen molar-refractivity contribution in [2.45, 2.75) is 51.1 Å². The first-order valence-corrected chi connectivity index (χ1v) is 6.45. The van der Waals surface area contributed by atoms with Crippen molar-refractivity contribution in [1.29, 1.82) is 0 Å². The first kappa shape index (κ1) is 11.7. The van der Waals surface area contributed by atoms with E-state index in [2.05, 4.69) is 16.8 Å². The molecule has 1 heterocycles. The van der Waals surface area contributed by atoms with Crippen LogP contribution in [0.25, 0.3) is 0 Å². The van der Waals surface area contributed by atoms with E-state index in [1.165, 1.54) is 32.1 Å². The fourth-order valence-corrected chi connectivity index (χ4v) is 2.54. The Labute approximate surface area is 97.9 Å². The van der Waals surface area contributed by atoms with Crippen LogP contribution in [0, 0.1) is 0 Å². The van der Waals surface area contributed by atoms with E-state index in [1.807, 2.05) is 0 Å². The molecule has 1 aliphatic heterocycles. The van der Waals surface area contributed by atoms with Crippen LogP contribution in [-0.4, -0.2) is 42.7 Å². The predicted octanol–water partition coefficient (Wildman–Crippen LogP) is 1.35. The molecule has 16 heavy (non-hydrogen) atoms. The van der Waals surface area contributed by atoms with E-state index in [0.29, 0.717) is 12.1 Å². The Morgan fingerprint density at radius 2 is 2.06 bits per heavy atom. The number of morpholine rings is 1. The van der Waals surface area contributed by atoms with Crippen molar-refractivity contribution in [3.8, 4) is 0 Å². The third-order valence-corrected chi connectivity index (χ3v) is 3.55. The van der Waals surface area contributed by atoms with Crippen molar-refractivity contribution in [2.75, 3.05) is 19.8 Å². The highest BCUT2D eigenvalue weighted by molar-refractivity contribution is 5.78. The van der Waals surface area contributed by atoms with Gasteiger partial charge in [0.05, 0.1) is 25.3 Å². The summed E-state index contributed by atoms with van der Waals surface area (Å²) >= 11 is 0. The number of hydrogen-bond donors (Lipinski definition) is 1. The van der Waals surface area contributed by atoms with E-state index in [0.717, 1.165) is 25.7 Å². The van der Waals surface area contributed by atoms with Crippen LogP contribution < -0.4 is 5.73 Å². The lowest BCUT2D eigenvalue weighted by atomic mass is 9.96. The highest BCUT2D eigenvalue weighted by Crippen LogP contribution is 2.20. The van der Waals surface area contributed by atoms with Crippen molar-refractivity contribution < 1.29 is 4.74 Å². The maximum atomic E-state index is 6.09. The van der Waals surface area contributed by atoms with Crippen LogP contribution >= 0.6 is 0 Å². The Balaban J connectivity index is 1.93. The minimum atomic E-state index is 0.362. The number of hydrogen-bond acceptors (Lipinski definition) is 2. The van der Waals surface area contributed by atoms with E-state index in [1.54, 1.807) is 0 Å². The minimum Gasteiger partial charge on any atom is -0.377 e. The average molecular weight is 225 g/mol. The number of aliphatic imine (C=N–C) groups is 1. The highest BCUT2D eigenvalue weighted by Gasteiger charge is 2.21. The van der Waals surface area contributed by atoms with Gasteiger partial charge in [-0.15, -0.1) is 0 Å². The SMILES string of the molecule is CC1COCCN1C(N)=NC1CCCCC1. The Morgan fingerprint density at radius 3 is 2.75 bits per heavy atom. The lowest BCUT2D eigenvalue weighted by Gasteiger charge is -2.34. The summed E-state index contributed by atoms with van der Waals surface area (Å²) in [5.74, 6) is 0.725. The fraction of sp³-hybridized carbons (Fsp3) is 0.917. The summed E-state index contributed by atoms with van der Waals surface area (Å²) < 4.78 is 5.40. The van der Waals surface area contributed by atoms with E-state index < -0.39 is 0 Å². The largest absolute Gasteiger partial charge is 0.377 e. The Morgan fingerprint density at radius 1 is 1.31 bits per heavy atom. The van der Waals surface area contributed by atoms with Gasteiger partial charge in [-0.2, -0.15) is 0 Å². The summed E-state index contributed by atoms with van der Waals surface area (Å²) in [4.78, 5) is 6.85. The molecular weight excluding hydrogens is 202 g/mol. The highest BCUT2D eigenvalue weighted by atomic mass is 16.5. The van der Waals surface area contributed by atoms with Crippen LogP contribution in [0.15, 0.2) is 4.99 Å². The summed E-state index contributed by atoms with van der Waals surface area (Å²) in [6.45, 7) is 4.55. The van der Waals surface area contributed by atoms with Gasteiger partial charge in [0.25, 0.3) is 0 Å². The van der Waals surface area contributed by atoms with E-state index in [-0.39, 0.29) is 0 Å². The average Bonchev–Trinajstić information content (AvgIpc) is 2.31. The van der Waals surface area contributed by atoms with Gasteiger partial charge in [-0.05, 0) is 19.8 Å². The minimum absolute atomic E-state index is 0.362. The van der Waals surface area contributed by atoms with Gasteiger partial charge in [0.1, 0.15) is 0 Å². The summed E-state index contributed by atoms with van der Waals surface area (Å²) in [7, 11) is 0. The van der Waals surface area contributed by atoms with Gasteiger partial charge in [0.15, 0.2) is 5.96 Å². The molecule has 0 amide bonds. The van der Waals surface area contributed by atoms with Crippen molar-refractivity contribution in [1.82, 2.24) is 4.90 Å². The van der Waals surface area contributed by atoms with Gasteiger partial charge >= 0.3 is 0 Å². The maximum Gasteiger partial charge on any atom is 0.191 e. The number of nitrogens with zero attached hydrogens (tertiary/aromatic N) is 2. The lowest BCUT2D eigenvalue weighted by Crippen LogP contribution is -2.50. The molecule has 0 aromatic rings. The molecule has 2 fully saturated rings. The zero-order valence-electron chi connectivity index (χ0n) is 10.2. The molecule has 1 saturated heterocycles. The number of rotatable bonds is 1. The monoisotopic (exact) mass is 225 g/mol. The summed E-state index contributed by atoms with van der Waals surface area (Å²) in [5, 5.41) is 0. The number of guanidine groups is 1. The van der Waals surface area contributed by atoms with Crippen molar-refractivity contribution >= 4 is 5.96 Å². The molecule has 1 saturated carbocycles. The predicted molar refractivity (Wildman–Crippen MR) is 65.5 cm³/mol. The Hall–Kier alpha value is -0.770. The second kappa shape index (κ2) is 5.53. The molecule has 92 valence electrons. The fourth-order valence-electron chi connectivity index (χ4n) is 2.54. The molecule has 0 aromatic carbocycles. The third kappa shape index (κ3) is 2.88. The van der Waals surface area contributed by atoms with Crippen LogP contribution in [0.5, 0.6) is 0 Å². The number of ether oxygens (including phenoxy) is 1. The molecule has 4 nitrogen and oxygen atoms in total. The molecule has 0 aromatic heterocycles. The topological polar surface area (TPSA) is 50.9 Å². The second-order valence-corrected chi connectivity index (χ2v) is 4.90. The smallest absolute Gasteiger partial charge is 0.191 e. The van der Waals surface area contributed by atoms with Gasteiger partial charge in [0, 0.05) is 6.54 Å². The lowest BCUT2D eigenvalue weighted by molar-refractivity contribution is 0.0323. The summed E-state index contributed by atoms with van der Waals surface area (Å²) in [6, 6.07) is 0.824. The molecule has 2 rings (SSSR count). The van der Waals surface area contributed by atoms with Crippen LogP contribution in [0.3, 0.4) is 0 Å². The maximum absolute atomic E-state index is 6.09. The standard InChI is InChI=1S/C12H23N3O/c1-10-9-16-8-7-15(10)12(13)14-11-5-3-2-4-6-11/h10-11H,2-9H2,1H3,(H2,13,14). The third-order valence-electron chi connectivity index (χ3n) is 3.55.